The largest absolute Gasteiger partial charge is 0.494 e. The number of carbonyl (C=O) groups excluding carboxylic acids is 1. The summed E-state index contributed by atoms with van der Waals surface area (Å²) in [5, 5.41) is 5.83. The van der Waals surface area contributed by atoms with Crippen molar-refractivity contribution in [2.75, 3.05) is 25.1 Å². The summed E-state index contributed by atoms with van der Waals surface area (Å²) in [6, 6.07) is 16.8. The lowest BCUT2D eigenvalue weighted by Gasteiger charge is -2.18. The zero-order valence-electron chi connectivity index (χ0n) is 17.7. The average Bonchev–Trinajstić information content (AvgIpc) is 3.37. The summed E-state index contributed by atoms with van der Waals surface area (Å²) in [4.78, 5) is 12.5. The molecular weight excluding hydrogens is 392 g/mol. The number of nitrogens with one attached hydrogen (secondary N) is 2. The monoisotopic (exact) mass is 420 g/mol. The van der Waals surface area contributed by atoms with Crippen LogP contribution in [0.2, 0.25) is 0 Å². The molecule has 2 amide bonds. The second-order valence-electron chi connectivity index (χ2n) is 7.77. The van der Waals surface area contributed by atoms with E-state index < -0.39 is 0 Å². The molecule has 6 nitrogen and oxygen atoms in total. The highest BCUT2D eigenvalue weighted by Crippen LogP contribution is 2.31. The maximum absolute atomic E-state index is 12.5. The molecule has 0 spiro atoms. The van der Waals surface area contributed by atoms with Gasteiger partial charge in [0.15, 0.2) is 0 Å². The lowest BCUT2D eigenvalue weighted by atomic mass is 10.0. The van der Waals surface area contributed by atoms with Gasteiger partial charge in [-0.25, -0.2) is 4.79 Å². The standard InChI is InChI=1S/C25H28N2O4/c1-2-3-15-29-21-13-11-20(12-14-21)26-25(28)27-22-17-31-23-19(16-30-24(22)23)10-9-18-7-5-4-6-8-18/h4-8,11-14,19,22-24H,2-3,15-17H2,1H3,(H2,26,27,28)/t19-,22+,23+,24-/m1/s1. The summed E-state index contributed by atoms with van der Waals surface area (Å²) in [5.41, 5.74) is 1.68. The molecule has 2 aliphatic heterocycles. The van der Waals surface area contributed by atoms with E-state index in [4.69, 9.17) is 14.2 Å². The number of anilines is 1. The first-order valence-corrected chi connectivity index (χ1v) is 10.8. The molecule has 6 heteroatoms. The molecule has 0 aromatic heterocycles. The van der Waals surface area contributed by atoms with Gasteiger partial charge in [0.05, 0.1) is 31.8 Å². The van der Waals surface area contributed by atoms with Gasteiger partial charge in [-0.1, -0.05) is 43.4 Å². The van der Waals surface area contributed by atoms with Crippen molar-refractivity contribution in [2.45, 2.75) is 38.0 Å². The van der Waals surface area contributed by atoms with Crippen LogP contribution in [0.1, 0.15) is 25.3 Å². The van der Waals surface area contributed by atoms with Crippen molar-refractivity contribution in [3.8, 4) is 17.6 Å². The van der Waals surface area contributed by atoms with Crippen molar-refractivity contribution in [2.24, 2.45) is 5.92 Å². The molecule has 0 aliphatic carbocycles. The van der Waals surface area contributed by atoms with E-state index in [9.17, 15) is 4.79 Å². The predicted molar refractivity (Wildman–Crippen MR) is 119 cm³/mol. The Morgan fingerprint density at radius 2 is 1.84 bits per heavy atom. The SMILES string of the molecule is CCCCOc1ccc(NC(=O)N[C@H]2CO[C@@H]3[C@@H]2OC[C@H]3C#Cc2ccccc2)cc1. The molecule has 0 saturated carbocycles. The lowest BCUT2D eigenvalue weighted by molar-refractivity contribution is 0.0666. The third-order valence-corrected chi connectivity index (χ3v) is 5.42. The number of carbonyl (C=O) groups is 1. The summed E-state index contributed by atoms with van der Waals surface area (Å²) in [5.74, 6) is 7.25. The molecule has 2 aromatic rings. The molecule has 162 valence electrons. The van der Waals surface area contributed by atoms with Crippen LogP contribution in [-0.2, 0) is 9.47 Å². The zero-order chi connectivity index (χ0) is 21.5. The van der Waals surface area contributed by atoms with E-state index in [-0.39, 0.29) is 30.2 Å². The van der Waals surface area contributed by atoms with Crippen LogP contribution in [0.25, 0.3) is 0 Å². The summed E-state index contributed by atoms with van der Waals surface area (Å²) in [6.45, 7) is 3.75. The van der Waals surface area contributed by atoms with Crippen molar-refractivity contribution < 1.29 is 19.0 Å². The average molecular weight is 421 g/mol. The van der Waals surface area contributed by atoms with E-state index in [1.165, 1.54) is 0 Å². The number of benzene rings is 2. The fraction of sp³-hybridized carbons (Fsp3) is 0.400. The number of urea groups is 1. The summed E-state index contributed by atoms with van der Waals surface area (Å²) in [6.07, 6.45) is 1.81. The summed E-state index contributed by atoms with van der Waals surface area (Å²) in [7, 11) is 0. The molecule has 2 N–H and O–H groups in total. The Kier molecular flexibility index (Phi) is 7.08. The molecule has 2 aromatic carbocycles. The molecule has 0 bridgehead atoms. The fourth-order valence-corrected chi connectivity index (χ4v) is 3.75. The molecular formula is C25H28N2O4. The molecule has 2 heterocycles. The molecule has 0 radical (unpaired) electrons. The van der Waals surface area contributed by atoms with Gasteiger partial charge in [0.1, 0.15) is 18.0 Å². The number of rotatable bonds is 6. The van der Waals surface area contributed by atoms with Gasteiger partial charge in [-0.05, 0) is 42.8 Å². The molecule has 2 fully saturated rings. The van der Waals surface area contributed by atoms with Crippen molar-refractivity contribution in [1.29, 1.82) is 0 Å². The van der Waals surface area contributed by atoms with Gasteiger partial charge in [0, 0.05) is 11.3 Å². The van der Waals surface area contributed by atoms with E-state index in [1.54, 1.807) is 0 Å². The highest BCUT2D eigenvalue weighted by molar-refractivity contribution is 5.89. The van der Waals surface area contributed by atoms with Gasteiger partial charge in [-0.3, -0.25) is 0 Å². The molecule has 0 unspecified atom stereocenters. The fourth-order valence-electron chi connectivity index (χ4n) is 3.75. The smallest absolute Gasteiger partial charge is 0.319 e. The lowest BCUT2D eigenvalue weighted by Crippen LogP contribution is -2.45. The van der Waals surface area contributed by atoms with E-state index in [1.807, 2.05) is 54.6 Å². The Morgan fingerprint density at radius 3 is 2.61 bits per heavy atom. The number of fused-ring (bicyclic) bond motifs is 1. The maximum atomic E-state index is 12.5. The number of unbranched alkanes of at least 4 members (excludes halogenated alkanes) is 1. The predicted octanol–water partition coefficient (Wildman–Crippen LogP) is 3.82. The Bertz CT molecular complexity index is 920. The van der Waals surface area contributed by atoms with Crippen LogP contribution in [0.5, 0.6) is 5.75 Å². The van der Waals surface area contributed by atoms with Crippen LogP contribution in [0.4, 0.5) is 10.5 Å². The minimum absolute atomic E-state index is 0.000296. The highest BCUT2D eigenvalue weighted by Gasteiger charge is 2.47. The van der Waals surface area contributed by atoms with E-state index in [0.29, 0.717) is 25.5 Å². The second-order valence-corrected chi connectivity index (χ2v) is 7.77. The Labute approximate surface area is 183 Å². The van der Waals surface area contributed by atoms with Crippen LogP contribution >= 0.6 is 0 Å². The second kappa shape index (κ2) is 10.3. The van der Waals surface area contributed by atoms with Crippen molar-refractivity contribution in [3.63, 3.8) is 0 Å². The molecule has 2 aliphatic rings. The van der Waals surface area contributed by atoms with Gasteiger partial charge in [-0.15, -0.1) is 0 Å². The summed E-state index contributed by atoms with van der Waals surface area (Å²) >= 11 is 0. The minimum atomic E-state index is -0.281. The van der Waals surface area contributed by atoms with Gasteiger partial charge in [0.25, 0.3) is 0 Å². The molecule has 2 saturated heterocycles. The first-order chi connectivity index (χ1) is 15.2. The molecule has 31 heavy (non-hydrogen) atoms. The van der Waals surface area contributed by atoms with Crippen LogP contribution in [0, 0.1) is 17.8 Å². The highest BCUT2D eigenvalue weighted by atomic mass is 16.6. The number of ether oxygens (including phenoxy) is 3. The Balaban J connectivity index is 1.27. The van der Waals surface area contributed by atoms with Crippen molar-refractivity contribution >= 4 is 11.7 Å². The first-order valence-electron chi connectivity index (χ1n) is 10.8. The number of amides is 2. The van der Waals surface area contributed by atoms with Crippen LogP contribution in [-0.4, -0.2) is 44.1 Å². The third-order valence-electron chi connectivity index (χ3n) is 5.42. The van der Waals surface area contributed by atoms with Gasteiger partial charge in [-0.2, -0.15) is 0 Å². The molecule has 4 atom stereocenters. The van der Waals surface area contributed by atoms with Crippen LogP contribution < -0.4 is 15.4 Å². The number of hydrogen-bond donors (Lipinski definition) is 2. The van der Waals surface area contributed by atoms with Gasteiger partial charge < -0.3 is 24.8 Å². The third kappa shape index (κ3) is 5.57. The number of hydrogen-bond acceptors (Lipinski definition) is 4. The first kappa shape index (κ1) is 21.2. The normalized spacial score (nSPS) is 24.0. The Hall–Kier alpha value is -3.01. The van der Waals surface area contributed by atoms with Gasteiger partial charge in [0.2, 0.25) is 0 Å². The van der Waals surface area contributed by atoms with E-state index >= 15 is 0 Å². The topological polar surface area (TPSA) is 68.8 Å². The van der Waals surface area contributed by atoms with E-state index in [2.05, 4.69) is 29.4 Å². The van der Waals surface area contributed by atoms with Gasteiger partial charge >= 0.3 is 6.03 Å². The quantitative estimate of drug-likeness (QED) is 0.551. The van der Waals surface area contributed by atoms with Crippen LogP contribution in [0.3, 0.4) is 0 Å². The zero-order valence-corrected chi connectivity index (χ0v) is 17.7. The molecule has 4 rings (SSSR count). The van der Waals surface area contributed by atoms with Crippen LogP contribution in [0.15, 0.2) is 54.6 Å². The van der Waals surface area contributed by atoms with Crippen molar-refractivity contribution in [1.82, 2.24) is 5.32 Å². The Morgan fingerprint density at radius 1 is 1.06 bits per heavy atom. The maximum Gasteiger partial charge on any atom is 0.319 e. The van der Waals surface area contributed by atoms with Crippen molar-refractivity contribution in [3.05, 3.63) is 60.2 Å². The van der Waals surface area contributed by atoms with E-state index in [0.717, 1.165) is 24.2 Å². The minimum Gasteiger partial charge on any atom is -0.494 e. The summed E-state index contributed by atoms with van der Waals surface area (Å²) < 4.78 is 17.5.